The maximum Gasteiger partial charge on any atom is 0.433 e. The van der Waals surface area contributed by atoms with Gasteiger partial charge in [-0.1, -0.05) is 0 Å². The Hall–Kier alpha value is -1.66. The van der Waals surface area contributed by atoms with Crippen molar-refractivity contribution in [2.24, 2.45) is 0 Å². The minimum atomic E-state index is -4.50. The second kappa shape index (κ2) is 5.38. The van der Waals surface area contributed by atoms with Crippen molar-refractivity contribution in [3.8, 4) is 0 Å². The number of hydrogen-bond acceptors (Lipinski definition) is 3. The van der Waals surface area contributed by atoms with E-state index in [1.807, 2.05) is 0 Å². The summed E-state index contributed by atoms with van der Waals surface area (Å²) in [6, 6.07) is 0.572. The number of rotatable bonds is 1. The SMILES string of the molecule is CC(=O)N1CCCCC1c1cc(C(F)(F)F)nc(C)n1. The topological polar surface area (TPSA) is 46.1 Å². The second-order valence-corrected chi connectivity index (χ2v) is 4.95. The van der Waals surface area contributed by atoms with Gasteiger partial charge >= 0.3 is 6.18 Å². The highest BCUT2D eigenvalue weighted by atomic mass is 19.4. The van der Waals surface area contributed by atoms with E-state index in [1.54, 1.807) is 4.90 Å². The molecule has 0 N–H and O–H groups in total. The molecule has 7 heteroatoms. The van der Waals surface area contributed by atoms with Gasteiger partial charge in [-0.05, 0) is 32.3 Å². The van der Waals surface area contributed by atoms with E-state index in [1.165, 1.54) is 13.8 Å². The Bertz CT molecular complexity index is 516. The first-order chi connectivity index (χ1) is 9.29. The van der Waals surface area contributed by atoms with E-state index in [0.717, 1.165) is 18.9 Å². The zero-order chi connectivity index (χ0) is 14.9. The molecule has 1 saturated heterocycles. The molecule has 2 rings (SSSR count). The summed E-state index contributed by atoms with van der Waals surface area (Å²) in [5.41, 5.74) is -0.672. The van der Waals surface area contributed by atoms with Crippen molar-refractivity contribution in [1.29, 1.82) is 0 Å². The molecular formula is C13H16F3N3O. The molecule has 1 unspecified atom stereocenters. The summed E-state index contributed by atoms with van der Waals surface area (Å²) in [5, 5.41) is 0. The van der Waals surface area contributed by atoms with Crippen LogP contribution < -0.4 is 0 Å². The lowest BCUT2D eigenvalue weighted by molar-refractivity contribution is -0.141. The number of carbonyl (C=O) groups excluding carboxylic acids is 1. The van der Waals surface area contributed by atoms with Crippen LogP contribution in [0.2, 0.25) is 0 Å². The van der Waals surface area contributed by atoms with Gasteiger partial charge in [0, 0.05) is 13.5 Å². The monoisotopic (exact) mass is 287 g/mol. The molecule has 1 aliphatic rings. The smallest absolute Gasteiger partial charge is 0.334 e. The van der Waals surface area contributed by atoms with Crippen molar-refractivity contribution < 1.29 is 18.0 Å². The molecule has 4 nitrogen and oxygen atoms in total. The van der Waals surface area contributed by atoms with Crippen LogP contribution in [0.3, 0.4) is 0 Å². The molecule has 1 aromatic heterocycles. The van der Waals surface area contributed by atoms with Gasteiger partial charge in [0.05, 0.1) is 11.7 Å². The van der Waals surface area contributed by atoms with Crippen molar-refractivity contribution in [1.82, 2.24) is 14.9 Å². The van der Waals surface area contributed by atoms with E-state index in [-0.39, 0.29) is 23.5 Å². The van der Waals surface area contributed by atoms with Gasteiger partial charge < -0.3 is 4.90 Å². The minimum absolute atomic E-state index is 0.0731. The first kappa shape index (κ1) is 14.7. The molecule has 0 bridgehead atoms. The molecule has 20 heavy (non-hydrogen) atoms. The van der Waals surface area contributed by atoms with Crippen LogP contribution in [0.1, 0.15) is 49.4 Å². The number of aryl methyl sites for hydroxylation is 1. The number of aromatic nitrogens is 2. The largest absolute Gasteiger partial charge is 0.433 e. The highest BCUT2D eigenvalue weighted by Gasteiger charge is 2.35. The first-order valence-corrected chi connectivity index (χ1v) is 6.49. The van der Waals surface area contributed by atoms with Crippen LogP contribution in [0.5, 0.6) is 0 Å². The molecular weight excluding hydrogens is 271 g/mol. The average Bonchev–Trinajstić information content (AvgIpc) is 2.37. The van der Waals surface area contributed by atoms with Gasteiger partial charge in [0.15, 0.2) is 0 Å². The van der Waals surface area contributed by atoms with Gasteiger partial charge in [-0.25, -0.2) is 9.97 Å². The van der Waals surface area contributed by atoms with Gasteiger partial charge in [0.2, 0.25) is 5.91 Å². The maximum absolute atomic E-state index is 12.8. The van der Waals surface area contributed by atoms with Gasteiger partial charge in [-0.2, -0.15) is 13.2 Å². The average molecular weight is 287 g/mol. The zero-order valence-corrected chi connectivity index (χ0v) is 11.4. The Balaban J connectivity index is 2.40. The number of amides is 1. The third-order valence-electron chi connectivity index (χ3n) is 3.40. The number of likely N-dealkylation sites (tertiary alicyclic amines) is 1. The number of carbonyl (C=O) groups is 1. The predicted octanol–water partition coefficient (Wildman–Crippen LogP) is 2.88. The molecule has 0 saturated carbocycles. The van der Waals surface area contributed by atoms with E-state index in [0.29, 0.717) is 13.0 Å². The summed E-state index contributed by atoms with van der Waals surface area (Å²) in [7, 11) is 0. The van der Waals surface area contributed by atoms with Crippen molar-refractivity contribution >= 4 is 5.91 Å². The fraction of sp³-hybridized carbons (Fsp3) is 0.615. The maximum atomic E-state index is 12.8. The number of piperidine rings is 1. The second-order valence-electron chi connectivity index (χ2n) is 4.95. The fourth-order valence-electron chi connectivity index (χ4n) is 2.52. The van der Waals surface area contributed by atoms with E-state index < -0.39 is 11.9 Å². The van der Waals surface area contributed by atoms with Crippen LogP contribution in [0.15, 0.2) is 6.07 Å². The number of alkyl halides is 3. The molecule has 1 aliphatic heterocycles. The quantitative estimate of drug-likeness (QED) is 0.798. The Kier molecular flexibility index (Phi) is 3.96. The third-order valence-corrected chi connectivity index (χ3v) is 3.40. The minimum Gasteiger partial charge on any atom is -0.334 e. The zero-order valence-electron chi connectivity index (χ0n) is 11.4. The predicted molar refractivity (Wildman–Crippen MR) is 65.8 cm³/mol. The molecule has 0 spiro atoms. The van der Waals surface area contributed by atoms with Crippen LogP contribution in [-0.2, 0) is 11.0 Å². The fourth-order valence-corrected chi connectivity index (χ4v) is 2.52. The molecule has 1 atom stereocenters. The molecule has 1 amide bonds. The summed E-state index contributed by atoms with van der Waals surface area (Å²) >= 11 is 0. The van der Waals surface area contributed by atoms with Gasteiger partial charge in [-0.3, -0.25) is 4.79 Å². The Labute approximate surface area is 115 Å². The lowest BCUT2D eigenvalue weighted by atomic mass is 9.98. The van der Waals surface area contributed by atoms with E-state index in [4.69, 9.17) is 0 Å². The summed E-state index contributed by atoms with van der Waals surface area (Å²) in [5.74, 6) is -0.0663. The number of hydrogen-bond donors (Lipinski definition) is 0. The lowest BCUT2D eigenvalue weighted by Gasteiger charge is -2.34. The van der Waals surface area contributed by atoms with Crippen LogP contribution in [0.4, 0.5) is 13.2 Å². The summed E-state index contributed by atoms with van der Waals surface area (Å²) in [6.07, 6.45) is -2.13. The van der Waals surface area contributed by atoms with Crippen molar-refractivity contribution in [3.05, 3.63) is 23.3 Å². The van der Waals surface area contributed by atoms with E-state index >= 15 is 0 Å². The summed E-state index contributed by atoms with van der Waals surface area (Å²) in [4.78, 5) is 20.7. The number of halogens is 3. The normalized spacial score (nSPS) is 20.1. The molecule has 0 aliphatic carbocycles. The first-order valence-electron chi connectivity index (χ1n) is 6.49. The Morgan fingerprint density at radius 1 is 1.35 bits per heavy atom. The summed E-state index contributed by atoms with van der Waals surface area (Å²) in [6.45, 7) is 3.42. The summed E-state index contributed by atoms with van der Waals surface area (Å²) < 4.78 is 38.4. The van der Waals surface area contributed by atoms with Crippen molar-refractivity contribution in [2.75, 3.05) is 6.54 Å². The van der Waals surface area contributed by atoms with Crippen molar-refractivity contribution in [2.45, 2.75) is 45.3 Å². The van der Waals surface area contributed by atoms with Crippen LogP contribution in [0, 0.1) is 6.92 Å². The van der Waals surface area contributed by atoms with Gasteiger partial charge in [0.1, 0.15) is 11.5 Å². The highest BCUT2D eigenvalue weighted by molar-refractivity contribution is 5.73. The molecule has 1 fully saturated rings. The standard InChI is InChI=1S/C13H16F3N3O/c1-8-17-10(7-12(18-8)13(14,15)16)11-5-3-4-6-19(11)9(2)20/h7,11H,3-6H2,1-2H3. The molecule has 2 heterocycles. The van der Waals surface area contributed by atoms with E-state index in [9.17, 15) is 18.0 Å². The van der Waals surface area contributed by atoms with Crippen LogP contribution in [0.25, 0.3) is 0 Å². The Morgan fingerprint density at radius 3 is 2.65 bits per heavy atom. The van der Waals surface area contributed by atoms with Crippen molar-refractivity contribution in [3.63, 3.8) is 0 Å². The lowest BCUT2D eigenvalue weighted by Crippen LogP contribution is -2.37. The van der Waals surface area contributed by atoms with Gasteiger partial charge in [0.25, 0.3) is 0 Å². The van der Waals surface area contributed by atoms with E-state index in [2.05, 4.69) is 9.97 Å². The highest BCUT2D eigenvalue weighted by Crippen LogP contribution is 2.33. The van der Waals surface area contributed by atoms with Gasteiger partial charge in [-0.15, -0.1) is 0 Å². The third kappa shape index (κ3) is 3.08. The molecule has 0 aromatic carbocycles. The van der Waals surface area contributed by atoms with Crippen LogP contribution >= 0.6 is 0 Å². The Morgan fingerprint density at radius 2 is 2.05 bits per heavy atom. The number of nitrogens with zero attached hydrogens (tertiary/aromatic N) is 3. The molecule has 0 radical (unpaired) electrons. The molecule has 110 valence electrons. The van der Waals surface area contributed by atoms with Crippen LogP contribution in [-0.4, -0.2) is 27.3 Å². The molecule has 1 aromatic rings.